The molecular formula is C12H17N5. The second-order valence-corrected chi connectivity index (χ2v) is 3.76. The second kappa shape index (κ2) is 5.05. The minimum atomic E-state index is 0.525. The van der Waals surface area contributed by atoms with Crippen LogP contribution in [0.25, 0.3) is 5.82 Å². The fraction of sp³-hybridized carbons (Fsp3) is 0.417. The Bertz CT molecular complexity index is 489. The van der Waals surface area contributed by atoms with Crippen molar-refractivity contribution < 1.29 is 0 Å². The zero-order valence-electron chi connectivity index (χ0n) is 10.2. The molecule has 0 aliphatic rings. The van der Waals surface area contributed by atoms with Gasteiger partial charge in [-0.05, 0) is 12.8 Å². The van der Waals surface area contributed by atoms with Gasteiger partial charge in [0.2, 0.25) is 0 Å². The van der Waals surface area contributed by atoms with E-state index in [1.54, 1.807) is 6.20 Å². The molecule has 2 rings (SSSR count). The highest BCUT2D eigenvalue weighted by Crippen LogP contribution is 2.18. The highest BCUT2D eigenvalue weighted by molar-refractivity contribution is 5.33. The molecule has 2 N–H and O–H groups in total. The van der Waals surface area contributed by atoms with Crippen LogP contribution in [0.5, 0.6) is 0 Å². The largest absolute Gasteiger partial charge is 0.326 e. The molecule has 0 aliphatic heterocycles. The van der Waals surface area contributed by atoms with Crippen LogP contribution in [-0.4, -0.2) is 19.7 Å². The smallest absolute Gasteiger partial charge is 0.156 e. The standard InChI is InChI=1S/C12H17N5/c1-3-10-9(7-13)11(4-2)17(16-10)12-5-6-14-8-15-12/h5-6,8H,3-4,7,13H2,1-2H3. The summed E-state index contributed by atoms with van der Waals surface area (Å²) < 4.78 is 1.88. The van der Waals surface area contributed by atoms with Crippen molar-refractivity contribution in [3.8, 4) is 5.82 Å². The van der Waals surface area contributed by atoms with E-state index >= 15 is 0 Å². The molecule has 0 unspecified atom stereocenters. The number of aryl methyl sites for hydroxylation is 1. The zero-order valence-corrected chi connectivity index (χ0v) is 10.2. The number of nitrogens with zero attached hydrogens (tertiary/aromatic N) is 4. The minimum Gasteiger partial charge on any atom is -0.326 e. The van der Waals surface area contributed by atoms with Gasteiger partial charge in [-0.2, -0.15) is 5.10 Å². The number of aromatic nitrogens is 4. The average Bonchev–Trinajstić information content (AvgIpc) is 2.77. The van der Waals surface area contributed by atoms with E-state index in [0.29, 0.717) is 6.54 Å². The second-order valence-electron chi connectivity index (χ2n) is 3.76. The monoisotopic (exact) mass is 231 g/mol. The molecular weight excluding hydrogens is 214 g/mol. The lowest BCUT2D eigenvalue weighted by Gasteiger charge is -2.05. The van der Waals surface area contributed by atoms with Gasteiger partial charge in [-0.3, -0.25) is 0 Å². The minimum absolute atomic E-state index is 0.525. The Morgan fingerprint density at radius 1 is 1.29 bits per heavy atom. The molecule has 2 aromatic heterocycles. The van der Waals surface area contributed by atoms with Crippen molar-refractivity contribution in [3.05, 3.63) is 35.5 Å². The van der Waals surface area contributed by atoms with E-state index in [0.717, 1.165) is 35.6 Å². The summed E-state index contributed by atoms with van der Waals surface area (Å²) in [6.45, 7) is 4.72. The summed E-state index contributed by atoms with van der Waals surface area (Å²) in [6.07, 6.45) is 5.03. The fourth-order valence-corrected chi connectivity index (χ4v) is 2.02. The molecule has 0 spiro atoms. The summed E-state index contributed by atoms with van der Waals surface area (Å²) in [5.74, 6) is 0.797. The van der Waals surface area contributed by atoms with Gasteiger partial charge >= 0.3 is 0 Å². The molecule has 2 aromatic rings. The first-order valence-electron chi connectivity index (χ1n) is 5.87. The molecule has 0 aromatic carbocycles. The van der Waals surface area contributed by atoms with Gasteiger partial charge in [-0.15, -0.1) is 0 Å². The third-order valence-electron chi connectivity index (χ3n) is 2.83. The molecule has 2 heterocycles. The number of rotatable bonds is 4. The zero-order chi connectivity index (χ0) is 12.3. The van der Waals surface area contributed by atoms with E-state index in [1.165, 1.54) is 6.33 Å². The predicted molar refractivity (Wildman–Crippen MR) is 65.8 cm³/mol. The van der Waals surface area contributed by atoms with Crippen molar-refractivity contribution in [2.24, 2.45) is 5.73 Å². The molecule has 0 amide bonds. The van der Waals surface area contributed by atoms with Gasteiger partial charge in [0.05, 0.1) is 11.4 Å². The summed E-state index contributed by atoms with van der Waals surface area (Å²) in [7, 11) is 0. The van der Waals surface area contributed by atoms with Gasteiger partial charge in [-0.1, -0.05) is 13.8 Å². The van der Waals surface area contributed by atoms with Gasteiger partial charge in [0, 0.05) is 24.4 Å². The summed E-state index contributed by atoms with van der Waals surface area (Å²) in [6, 6.07) is 1.85. The maximum absolute atomic E-state index is 5.81. The van der Waals surface area contributed by atoms with Crippen LogP contribution >= 0.6 is 0 Å². The molecule has 5 nitrogen and oxygen atoms in total. The Labute approximate surface area is 101 Å². The van der Waals surface area contributed by atoms with Crippen LogP contribution in [0.1, 0.15) is 30.8 Å². The van der Waals surface area contributed by atoms with Crippen molar-refractivity contribution in [2.75, 3.05) is 0 Å². The van der Waals surface area contributed by atoms with Crippen LogP contribution in [0.3, 0.4) is 0 Å². The molecule has 0 bridgehead atoms. The average molecular weight is 231 g/mol. The fourth-order valence-electron chi connectivity index (χ4n) is 2.02. The highest BCUT2D eigenvalue weighted by Gasteiger charge is 2.15. The normalized spacial score (nSPS) is 10.8. The molecule has 0 atom stereocenters. The van der Waals surface area contributed by atoms with Gasteiger partial charge in [0.1, 0.15) is 6.33 Å². The Hall–Kier alpha value is -1.75. The summed E-state index contributed by atoms with van der Waals surface area (Å²) >= 11 is 0. The SMILES string of the molecule is CCc1nn(-c2ccncn2)c(CC)c1CN. The molecule has 0 aliphatic carbocycles. The topological polar surface area (TPSA) is 69.6 Å². The number of hydrogen-bond acceptors (Lipinski definition) is 4. The van der Waals surface area contributed by atoms with Crippen LogP contribution < -0.4 is 5.73 Å². The van der Waals surface area contributed by atoms with Gasteiger partial charge < -0.3 is 5.73 Å². The summed E-state index contributed by atoms with van der Waals surface area (Å²) in [5.41, 5.74) is 9.15. The number of nitrogens with two attached hydrogens (primary N) is 1. The Kier molecular flexibility index (Phi) is 3.49. The van der Waals surface area contributed by atoms with Crippen LogP contribution in [0.4, 0.5) is 0 Å². The molecule has 0 fully saturated rings. The maximum atomic E-state index is 5.81. The van der Waals surface area contributed by atoms with Gasteiger partial charge in [0.15, 0.2) is 5.82 Å². The third-order valence-corrected chi connectivity index (χ3v) is 2.83. The van der Waals surface area contributed by atoms with Crippen LogP contribution in [0.15, 0.2) is 18.6 Å². The molecule has 17 heavy (non-hydrogen) atoms. The third kappa shape index (κ3) is 2.06. The quantitative estimate of drug-likeness (QED) is 0.859. The van der Waals surface area contributed by atoms with E-state index < -0.39 is 0 Å². The Morgan fingerprint density at radius 3 is 2.65 bits per heavy atom. The van der Waals surface area contributed by atoms with E-state index in [4.69, 9.17) is 5.73 Å². The van der Waals surface area contributed by atoms with E-state index in [9.17, 15) is 0 Å². The van der Waals surface area contributed by atoms with Gasteiger partial charge in [0.25, 0.3) is 0 Å². The molecule has 90 valence electrons. The summed E-state index contributed by atoms with van der Waals surface area (Å²) in [4.78, 5) is 8.15. The van der Waals surface area contributed by atoms with Crippen LogP contribution in [-0.2, 0) is 19.4 Å². The first-order chi connectivity index (χ1) is 8.31. The van der Waals surface area contributed by atoms with Crippen molar-refractivity contribution in [1.82, 2.24) is 19.7 Å². The highest BCUT2D eigenvalue weighted by atomic mass is 15.3. The molecule has 0 saturated carbocycles. The molecule has 0 saturated heterocycles. The van der Waals surface area contributed by atoms with Crippen LogP contribution in [0, 0.1) is 0 Å². The lowest BCUT2D eigenvalue weighted by atomic mass is 10.1. The molecule has 0 radical (unpaired) electrons. The lowest BCUT2D eigenvalue weighted by molar-refractivity contribution is 0.767. The number of hydrogen-bond donors (Lipinski definition) is 1. The van der Waals surface area contributed by atoms with E-state index in [-0.39, 0.29) is 0 Å². The van der Waals surface area contributed by atoms with Crippen molar-refractivity contribution in [2.45, 2.75) is 33.2 Å². The Morgan fingerprint density at radius 2 is 2.12 bits per heavy atom. The van der Waals surface area contributed by atoms with Gasteiger partial charge in [-0.25, -0.2) is 14.6 Å². The van der Waals surface area contributed by atoms with Crippen LogP contribution in [0.2, 0.25) is 0 Å². The first kappa shape index (κ1) is 11.7. The first-order valence-corrected chi connectivity index (χ1v) is 5.87. The predicted octanol–water partition coefficient (Wildman–Crippen LogP) is 1.25. The Balaban J connectivity index is 2.58. The lowest BCUT2D eigenvalue weighted by Crippen LogP contribution is -2.06. The van der Waals surface area contributed by atoms with Crippen molar-refractivity contribution >= 4 is 0 Å². The van der Waals surface area contributed by atoms with Crippen molar-refractivity contribution in [1.29, 1.82) is 0 Å². The maximum Gasteiger partial charge on any atom is 0.156 e. The molecule has 5 heteroatoms. The van der Waals surface area contributed by atoms with Crippen molar-refractivity contribution in [3.63, 3.8) is 0 Å². The van der Waals surface area contributed by atoms with E-state index in [2.05, 4.69) is 28.9 Å². The summed E-state index contributed by atoms with van der Waals surface area (Å²) in [5, 5.41) is 4.59. The van der Waals surface area contributed by atoms with E-state index in [1.807, 2.05) is 10.7 Å².